The van der Waals surface area contributed by atoms with Crippen LogP contribution in [-0.2, 0) is 18.3 Å². The lowest BCUT2D eigenvalue weighted by molar-refractivity contribution is -0.115. The summed E-state index contributed by atoms with van der Waals surface area (Å²) in [4.78, 5) is 23.6. The Morgan fingerprint density at radius 1 is 1.30 bits per heavy atom. The Morgan fingerprint density at radius 2 is 2.13 bits per heavy atom. The molecule has 3 rings (SSSR count). The second kappa shape index (κ2) is 5.81. The van der Waals surface area contributed by atoms with E-state index in [1.165, 1.54) is 4.57 Å². The van der Waals surface area contributed by atoms with Crippen molar-refractivity contribution in [2.24, 2.45) is 7.05 Å². The summed E-state index contributed by atoms with van der Waals surface area (Å²) in [5, 5.41) is 11.6. The SMILES string of the molecule is Cn1c(=O)oc2ccc(CC(=O)Nc3cccc(C#N)c3)cc21. The van der Waals surface area contributed by atoms with Gasteiger partial charge in [0, 0.05) is 12.7 Å². The van der Waals surface area contributed by atoms with Gasteiger partial charge in [-0.3, -0.25) is 9.36 Å². The van der Waals surface area contributed by atoms with Gasteiger partial charge in [-0.05, 0) is 35.9 Å². The van der Waals surface area contributed by atoms with Gasteiger partial charge in [0.1, 0.15) is 0 Å². The van der Waals surface area contributed by atoms with Crippen molar-refractivity contribution in [2.75, 3.05) is 5.32 Å². The van der Waals surface area contributed by atoms with Crippen LogP contribution in [0.5, 0.6) is 0 Å². The lowest BCUT2D eigenvalue weighted by Crippen LogP contribution is -2.14. The molecule has 0 saturated heterocycles. The van der Waals surface area contributed by atoms with Crippen LogP contribution in [0.4, 0.5) is 5.69 Å². The molecule has 1 aromatic heterocycles. The number of carbonyl (C=O) groups excluding carboxylic acids is 1. The molecule has 0 fully saturated rings. The number of amides is 1. The largest absolute Gasteiger partial charge is 0.419 e. The van der Waals surface area contributed by atoms with Crippen molar-refractivity contribution in [3.8, 4) is 6.07 Å². The smallest absolute Gasteiger partial charge is 0.408 e. The standard InChI is InChI=1S/C17H13N3O3/c1-20-14-8-11(5-6-15(14)23-17(20)22)9-16(21)19-13-4-2-3-12(7-13)10-18/h2-8H,9H2,1H3,(H,19,21). The number of oxazole rings is 1. The van der Waals surface area contributed by atoms with Gasteiger partial charge in [0.15, 0.2) is 5.58 Å². The number of nitrogens with zero attached hydrogens (tertiary/aromatic N) is 2. The van der Waals surface area contributed by atoms with Gasteiger partial charge in [-0.25, -0.2) is 4.79 Å². The molecule has 2 aromatic carbocycles. The first-order chi connectivity index (χ1) is 11.1. The molecule has 0 spiro atoms. The third-order valence-electron chi connectivity index (χ3n) is 3.50. The fourth-order valence-corrected chi connectivity index (χ4v) is 2.34. The molecule has 0 atom stereocenters. The van der Waals surface area contributed by atoms with E-state index >= 15 is 0 Å². The summed E-state index contributed by atoms with van der Waals surface area (Å²) in [6, 6.07) is 13.9. The molecule has 0 saturated carbocycles. The third-order valence-corrected chi connectivity index (χ3v) is 3.50. The van der Waals surface area contributed by atoms with Gasteiger partial charge in [-0.1, -0.05) is 12.1 Å². The van der Waals surface area contributed by atoms with Gasteiger partial charge in [-0.2, -0.15) is 5.26 Å². The number of aryl methyl sites for hydroxylation is 1. The highest BCUT2D eigenvalue weighted by atomic mass is 16.4. The quantitative estimate of drug-likeness (QED) is 0.803. The summed E-state index contributed by atoms with van der Waals surface area (Å²) in [5.41, 5.74) is 2.96. The van der Waals surface area contributed by atoms with Crippen molar-refractivity contribution in [2.45, 2.75) is 6.42 Å². The maximum atomic E-state index is 12.1. The summed E-state index contributed by atoms with van der Waals surface area (Å²) in [6.45, 7) is 0. The maximum Gasteiger partial charge on any atom is 0.419 e. The van der Waals surface area contributed by atoms with Crippen LogP contribution in [0.25, 0.3) is 11.1 Å². The van der Waals surface area contributed by atoms with Crippen LogP contribution in [0.15, 0.2) is 51.7 Å². The van der Waals surface area contributed by atoms with E-state index in [9.17, 15) is 9.59 Å². The van der Waals surface area contributed by atoms with Crippen molar-refractivity contribution < 1.29 is 9.21 Å². The molecule has 3 aromatic rings. The zero-order valence-corrected chi connectivity index (χ0v) is 12.4. The Morgan fingerprint density at radius 3 is 2.91 bits per heavy atom. The molecule has 1 heterocycles. The molecular formula is C17H13N3O3. The normalized spacial score (nSPS) is 10.4. The van der Waals surface area contributed by atoms with Crippen molar-refractivity contribution in [1.29, 1.82) is 5.26 Å². The van der Waals surface area contributed by atoms with Crippen molar-refractivity contribution >= 4 is 22.7 Å². The molecule has 0 unspecified atom stereocenters. The van der Waals surface area contributed by atoms with Gasteiger partial charge in [0.05, 0.1) is 23.6 Å². The average Bonchev–Trinajstić information content (AvgIpc) is 2.82. The molecule has 0 aliphatic rings. The first-order valence-electron chi connectivity index (χ1n) is 6.95. The fourth-order valence-electron chi connectivity index (χ4n) is 2.34. The average molecular weight is 307 g/mol. The van der Waals surface area contributed by atoms with Crippen LogP contribution in [-0.4, -0.2) is 10.5 Å². The number of nitrogens with one attached hydrogen (secondary N) is 1. The summed E-state index contributed by atoms with van der Waals surface area (Å²) >= 11 is 0. The van der Waals surface area contributed by atoms with E-state index in [0.29, 0.717) is 22.4 Å². The minimum atomic E-state index is -0.435. The zero-order valence-electron chi connectivity index (χ0n) is 12.4. The Kier molecular flexibility index (Phi) is 3.69. The van der Waals surface area contributed by atoms with Gasteiger partial charge in [0.25, 0.3) is 0 Å². The Balaban J connectivity index is 1.78. The molecule has 0 aliphatic heterocycles. The highest BCUT2D eigenvalue weighted by Gasteiger charge is 2.09. The predicted octanol–water partition coefficient (Wildman–Crippen LogP) is 2.18. The van der Waals surface area contributed by atoms with Crippen LogP contribution in [0.3, 0.4) is 0 Å². The fraction of sp³-hybridized carbons (Fsp3) is 0.118. The summed E-state index contributed by atoms with van der Waals surface area (Å²) < 4.78 is 6.45. The maximum absolute atomic E-state index is 12.1. The van der Waals surface area contributed by atoms with E-state index in [1.807, 2.05) is 6.07 Å². The van der Waals surface area contributed by atoms with Crippen molar-refractivity contribution in [3.63, 3.8) is 0 Å². The highest BCUT2D eigenvalue weighted by Crippen LogP contribution is 2.16. The van der Waals surface area contributed by atoms with Crippen LogP contribution in [0, 0.1) is 11.3 Å². The van der Waals surface area contributed by atoms with E-state index in [-0.39, 0.29) is 12.3 Å². The topological polar surface area (TPSA) is 88.0 Å². The van der Waals surface area contributed by atoms with Gasteiger partial charge >= 0.3 is 5.76 Å². The van der Waals surface area contributed by atoms with Crippen LogP contribution in [0.2, 0.25) is 0 Å². The lowest BCUT2D eigenvalue weighted by atomic mass is 10.1. The number of carbonyl (C=O) groups is 1. The zero-order chi connectivity index (χ0) is 16.4. The van der Waals surface area contributed by atoms with Crippen molar-refractivity contribution in [1.82, 2.24) is 4.57 Å². The van der Waals surface area contributed by atoms with E-state index < -0.39 is 5.76 Å². The predicted molar refractivity (Wildman–Crippen MR) is 84.9 cm³/mol. The molecule has 6 heteroatoms. The number of hydrogen-bond donors (Lipinski definition) is 1. The van der Waals surface area contributed by atoms with Crippen molar-refractivity contribution in [3.05, 3.63) is 64.1 Å². The number of fused-ring (bicyclic) bond motifs is 1. The van der Waals surface area contributed by atoms with Crippen LogP contribution in [0.1, 0.15) is 11.1 Å². The summed E-state index contributed by atoms with van der Waals surface area (Å²) in [7, 11) is 1.62. The second-order valence-electron chi connectivity index (χ2n) is 5.15. The number of anilines is 1. The molecular weight excluding hydrogens is 294 g/mol. The molecule has 23 heavy (non-hydrogen) atoms. The molecule has 0 radical (unpaired) electrons. The molecule has 6 nitrogen and oxygen atoms in total. The van der Waals surface area contributed by atoms with Gasteiger partial charge in [0.2, 0.25) is 5.91 Å². The number of rotatable bonds is 3. The van der Waals surface area contributed by atoms with E-state index in [0.717, 1.165) is 5.56 Å². The molecule has 1 amide bonds. The molecule has 0 aliphatic carbocycles. The number of hydrogen-bond acceptors (Lipinski definition) is 4. The number of nitriles is 1. The summed E-state index contributed by atoms with van der Waals surface area (Å²) in [5.74, 6) is -0.636. The Bertz CT molecular complexity index is 992. The van der Waals surface area contributed by atoms with E-state index in [4.69, 9.17) is 9.68 Å². The first kappa shape index (κ1) is 14.6. The third kappa shape index (κ3) is 2.99. The van der Waals surface area contributed by atoms with Gasteiger partial charge < -0.3 is 9.73 Å². The Hall–Kier alpha value is -3.33. The highest BCUT2D eigenvalue weighted by molar-refractivity contribution is 5.93. The monoisotopic (exact) mass is 307 g/mol. The summed E-state index contributed by atoms with van der Waals surface area (Å²) in [6.07, 6.45) is 0.159. The van der Waals surface area contributed by atoms with Gasteiger partial charge in [-0.15, -0.1) is 0 Å². The van der Waals surface area contributed by atoms with Crippen LogP contribution < -0.4 is 11.1 Å². The van der Waals surface area contributed by atoms with E-state index in [1.54, 1.807) is 49.5 Å². The minimum absolute atomic E-state index is 0.159. The molecule has 0 bridgehead atoms. The molecule has 114 valence electrons. The first-order valence-corrected chi connectivity index (χ1v) is 6.95. The van der Waals surface area contributed by atoms with E-state index in [2.05, 4.69) is 5.32 Å². The number of benzene rings is 2. The minimum Gasteiger partial charge on any atom is -0.408 e. The second-order valence-corrected chi connectivity index (χ2v) is 5.15. The van der Waals surface area contributed by atoms with Crippen LogP contribution >= 0.6 is 0 Å². The Labute approximate surface area is 131 Å². The molecule has 1 N–H and O–H groups in total. The number of aromatic nitrogens is 1. The lowest BCUT2D eigenvalue weighted by Gasteiger charge is -2.06.